The van der Waals surface area contributed by atoms with Gasteiger partial charge in [0.2, 0.25) is 5.82 Å². The maximum Gasteiger partial charge on any atom is 0.451 e. The number of benzene rings is 1. The molecule has 0 N–H and O–H groups in total. The van der Waals surface area contributed by atoms with E-state index >= 15 is 0 Å². The predicted molar refractivity (Wildman–Crippen MR) is 89.3 cm³/mol. The van der Waals surface area contributed by atoms with Gasteiger partial charge in [-0.25, -0.2) is 9.97 Å². The van der Waals surface area contributed by atoms with Crippen molar-refractivity contribution in [1.29, 1.82) is 0 Å². The average Bonchev–Trinajstić information content (AvgIpc) is 2.55. The number of rotatable bonds is 3. The van der Waals surface area contributed by atoms with Crippen LogP contribution in [0.4, 0.5) is 19.0 Å². The van der Waals surface area contributed by atoms with Crippen molar-refractivity contribution in [3.8, 4) is 0 Å². The smallest absolute Gasteiger partial charge is 0.356 e. The Labute approximate surface area is 143 Å². The molecule has 2 aromatic rings. The standard InChI is InChI=1S/C17H18F3N3S/c1-12-3-2-4-14(11-12)24-13-6-9-23(10-7-13)15-5-8-21-16(22-15)17(18,19)20/h2-5,8,11,13H,6-7,9-10H2,1H3. The molecule has 0 amide bonds. The van der Waals surface area contributed by atoms with Crippen molar-refractivity contribution in [2.45, 2.75) is 36.1 Å². The van der Waals surface area contributed by atoms with Crippen molar-refractivity contribution >= 4 is 17.6 Å². The molecule has 128 valence electrons. The van der Waals surface area contributed by atoms with Gasteiger partial charge in [0, 0.05) is 29.4 Å². The van der Waals surface area contributed by atoms with E-state index in [0.717, 1.165) is 12.8 Å². The summed E-state index contributed by atoms with van der Waals surface area (Å²) in [5.41, 5.74) is 1.23. The lowest BCUT2D eigenvalue weighted by Crippen LogP contribution is -2.35. The molecule has 1 aromatic carbocycles. The van der Waals surface area contributed by atoms with Gasteiger partial charge < -0.3 is 4.90 Å². The molecule has 0 spiro atoms. The minimum atomic E-state index is -4.50. The Kier molecular flexibility index (Phi) is 4.99. The fourth-order valence-electron chi connectivity index (χ4n) is 2.75. The molecular formula is C17H18F3N3S. The number of hydrogen-bond acceptors (Lipinski definition) is 4. The van der Waals surface area contributed by atoms with E-state index in [1.165, 1.54) is 16.7 Å². The molecule has 24 heavy (non-hydrogen) atoms. The van der Waals surface area contributed by atoms with Crippen LogP contribution in [-0.4, -0.2) is 28.3 Å². The minimum Gasteiger partial charge on any atom is -0.356 e. The number of piperidine rings is 1. The first-order valence-electron chi connectivity index (χ1n) is 7.80. The molecular weight excluding hydrogens is 335 g/mol. The third-order valence-electron chi connectivity index (χ3n) is 3.95. The molecule has 1 fully saturated rings. The molecule has 0 unspecified atom stereocenters. The Morgan fingerprint density at radius 1 is 1.17 bits per heavy atom. The second-order valence-corrected chi connectivity index (χ2v) is 7.23. The van der Waals surface area contributed by atoms with E-state index < -0.39 is 12.0 Å². The van der Waals surface area contributed by atoms with Gasteiger partial charge in [-0.15, -0.1) is 11.8 Å². The van der Waals surface area contributed by atoms with Crippen molar-refractivity contribution in [2.75, 3.05) is 18.0 Å². The Hall–Kier alpha value is -1.76. The number of aromatic nitrogens is 2. The quantitative estimate of drug-likeness (QED) is 0.809. The van der Waals surface area contributed by atoms with Crippen molar-refractivity contribution in [2.24, 2.45) is 0 Å². The van der Waals surface area contributed by atoms with Crippen LogP contribution in [0.15, 0.2) is 41.4 Å². The molecule has 3 rings (SSSR count). The summed E-state index contributed by atoms with van der Waals surface area (Å²) in [7, 11) is 0. The number of hydrogen-bond donors (Lipinski definition) is 0. The van der Waals surface area contributed by atoms with Crippen molar-refractivity contribution in [1.82, 2.24) is 9.97 Å². The van der Waals surface area contributed by atoms with Crippen LogP contribution in [0.1, 0.15) is 24.2 Å². The molecule has 0 radical (unpaired) electrons. The second-order valence-electron chi connectivity index (χ2n) is 5.86. The van der Waals surface area contributed by atoms with Crippen molar-refractivity contribution in [3.05, 3.63) is 47.9 Å². The second kappa shape index (κ2) is 7.01. The molecule has 2 heterocycles. The highest BCUT2D eigenvalue weighted by molar-refractivity contribution is 8.00. The molecule has 7 heteroatoms. The lowest BCUT2D eigenvalue weighted by atomic mass is 10.1. The molecule has 0 saturated carbocycles. The average molecular weight is 353 g/mol. The lowest BCUT2D eigenvalue weighted by molar-refractivity contribution is -0.144. The zero-order valence-corrected chi connectivity index (χ0v) is 14.1. The van der Waals surface area contributed by atoms with Crippen molar-refractivity contribution in [3.63, 3.8) is 0 Å². The van der Waals surface area contributed by atoms with Gasteiger partial charge in [0.05, 0.1) is 0 Å². The van der Waals surface area contributed by atoms with Gasteiger partial charge in [-0.05, 0) is 38.0 Å². The Balaban J connectivity index is 1.61. The van der Waals surface area contributed by atoms with Gasteiger partial charge in [0.15, 0.2) is 0 Å². The highest BCUT2D eigenvalue weighted by atomic mass is 32.2. The van der Waals surface area contributed by atoms with E-state index in [0.29, 0.717) is 24.2 Å². The van der Waals surface area contributed by atoms with Gasteiger partial charge in [-0.2, -0.15) is 13.2 Å². The third-order valence-corrected chi connectivity index (χ3v) is 5.28. The first-order chi connectivity index (χ1) is 11.4. The number of aryl methyl sites for hydroxylation is 1. The van der Waals surface area contributed by atoms with E-state index in [9.17, 15) is 13.2 Å². The maximum absolute atomic E-state index is 12.7. The normalized spacial score (nSPS) is 16.4. The fraction of sp³-hybridized carbons (Fsp3) is 0.412. The summed E-state index contributed by atoms with van der Waals surface area (Å²) in [5, 5.41) is 0.479. The van der Waals surface area contributed by atoms with Crippen LogP contribution in [0.2, 0.25) is 0 Å². The summed E-state index contributed by atoms with van der Waals surface area (Å²) in [4.78, 5) is 10.1. The summed E-state index contributed by atoms with van der Waals surface area (Å²) >= 11 is 1.84. The maximum atomic E-state index is 12.7. The molecule has 0 atom stereocenters. The van der Waals surface area contributed by atoms with Crippen LogP contribution in [0.25, 0.3) is 0 Å². The lowest BCUT2D eigenvalue weighted by Gasteiger charge is -2.32. The minimum absolute atomic E-state index is 0.358. The highest BCUT2D eigenvalue weighted by Gasteiger charge is 2.35. The first kappa shape index (κ1) is 17.1. The van der Waals surface area contributed by atoms with Crippen LogP contribution in [-0.2, 0) is 6.18 Å². The van der Waals surface area contributed by atoms with E-state index in [-0.39, 0.29) is 0 Å². The molecule has 3 nitrogen and oxygen atoms in total. The van der Waals surface area contributed by atoms with E-state index in [2.05, 4.69) is 35.1 Å². The van der Waals surface area contributed by atoms with E-state index in [1.54, 1.807) is 6.07 Å². The molecule has 1 saturated heterocycles. The number of halogens is 3. The zero-order valence-electron chi connectivity index (χ0n) is 13.3. The Morgan fingerprint density at radius 3 is 2.58 bits per heavy atom. The molecule has 1 aliphatic rings. The summed E-state index contributed by atoms with van der Waals surface area (Å²) in [6.45, 7) is 3.48. The van der Waals surface area contributed by atoms with Crippen LogP contribution in [0, 0.1) is 6.92 Å². The number of nitrogens with zero attached hydrogens (tertiary/aromatic N) is 3. The highest BCUT2D eigenvalue weighted by Crippen LogP contribution is 2.32. The Bertz CT molecular complexity index is 697. The molecule has 0 aliphatic carbocycles. The number of alkyl halides is 3. The van der Waals surface area contributed by atoms with Gasteiger partial charge >= 0.3 is 6.18 Å². The third kappa shape index (κ3) is 4.20. The van der Waals surface area contributed by atoms with Gasteiger partial charge in [-0.1, -0.05) is 17.7 Å². The van der Waals surface area contributed by atoms with Crippen molar-refractivity contribution < 1.29 is 13.2 Å². The van der Waals surface area contributed by atoms with Gasteiger partial charge in [0.1, 0.15) is 5.82 Å². The monoisotopic (exact) mass is 353 g/mol. The summed E-state index contributed by atoms with van der Waals surface area (Å²) in [6, 6.07) is 9.93. The van der Waals surface area contributed by atoms with Crippen LogP contribution < -0.4 is 4.90 Å². The Morgan fingerprint density at radius 2 is 1.92 bits per heavy atom. The number of anilines is 1. The molecule has 1 aliphatic heterocycles. The molecule has 1 aromatic heterocycles. The van der Waals surface area contributed by atoms with Crippen LogP contribution >= 0.6 is 11.8 Å². The first-order valence-corrected chi connectivity index (χ1v) is 8.68. The predicted octanol–water partition coefficient (Wildman–Crippen LogP) is 4.56. The van der Waals surface area contributed by atoms with E-state index in [1.807, 2.05) is 22.7 Å². The summed E-state index contributed by atoms with van der Waals surface area (Å²) in [6.07, 6.45) is -1.48. The largest absolute Gasteiger partial charge is 0.451 e. The topological polar surface area (TPSA) is 29.0 Å². The van der Waals surface area contributed by atoms with Crippen LogP contribution in [0.5, 0.6) is 0 Å². The summed E-state index contributed by atoms with van der Waals surface area (Å²) in [5.74, 6) is -0.715. The number of thioether (sulfide) groups is 1. The summed E-state index contributed by atoms with van der Waals surface area (Å²) < 4.78 is 38.2. The molecule has 0 bridgehead atoms. The van der Waals surface area contributed by atoms with Gasteiger partial charge in [-0.3, -0.25) is 0 Å². The van der Waals surface area contributed by atoms with Crippen LogP contribution in [0.3, 0.4) is 0 Å². The van der Waals surface area contributed by atoms with E-state index in [4.69, 9.17) is 0 Å². The van der Waals surface area contributed by atoms with Gasteiger partial charge in [0.25, 0.3) is 0 Å². The SMILES string of the molecule is Cc1cccc(SC2CCN(c3ccnc(C(F)(F)F)n3)CC2)c1. The fourth-order valence-corrected chi connectivity index (χ4v) is 3.99. The zero-order chi connectivity index (χ0) is 17.2.